The lowest BCUT2D eigenvalue weighted by Gasteiger charge is -2.41. The Balaban J connectivity index is 2.18. The van der Waals surface area contributed by atoms with E-state index in [0.29, 0.717) is 16.9 Å². The van der Waals surface area contributed by atoms with Crippen LogP contribution in [0, 0.1) is 5.41 Å². The van der Waals surface area contributed by atoms with Crippen LogP contribution in [0.2, 0.25) is 0 Å². The van der Waals surface area contributed by atoms with Crippen molar-refractivity contribution in [1.29, 1.82) is 0 Å². The van der Waals surface area contributed by atoms with E-state index in [9.17, 15) is 4.79 Å². The number of nitrogens with two attached hydrogens (primary N) is 1. The van der Waals surface area contributed by atoms with E-state index in [1.807, 2.05) is 0 Å². The number of hydrogen-bond donors (Lipinski definition) is 2. The van der Waals surface area contributed by atoms with Gasteiger partial charge in [-0.05, 0) is 30.4 Å². The molecular formula is C15H23N3O2. The zero-order valence-corrected chi connectivity index (χ0v) is 12.2. The first-order valence-corrected chi connectivity index (χ1v) is 7.26. The molecule has 1 aromatic rings. The molecule has 0 unspecified atom stereocenters. The van der Waals surface area contributed by atoms with Crippen LogP contribution in [0.5, 0.6) is 0 Å². The molecule has 5 heteroatoms. The standard InChI is InChI=1S/C15H23N3O2/c1-3-15(4-2)7-9-18(10-8-15)13-11(16)5-6-12(17-13)14(19)20/h5-6H,3-4,7-10,16H2,1-2H3,(H,19,20). The van der Waals surface area contributed by atoms with E-state index in [4.69, 9.17) is 10.8 Å². The first-order chi connectivity index (χ1) is 9.51. The lowest BCUT2D eigenvalue weighted by atomic mass is 9.74. The zero-order valence-electron chi connectivity index (χ0n) is 12.2. The average molecular weight is 277 g/mol. The zero-order chi connectivity index (χ0) is 14.8. The van der Waals surface area contributed by atoms with Gasteiger partial charge in [-0.3, -0.25) is 0 Å². The van der Waals surface area contributed by atoms with Crippen molar-refractivity contribution in [3.63, 3.8) is 0 Å². The Morgan fingerprint density at radius 2 is 1.95 bits per heavy atom. The highest BCUT2D eigenvalue weighted by molar-refractivity contribution is 5.87. The minimum Gasteiger partial charge on any atom is -0.477 e. The lowest BCUT2D eigenvalue weighted by Crippen LogP contribution is -2.40. The van der Waals surface area contributed by atoms with Crippen molar-refractivity contribution >= 4 is 17.5 Å². The highest BCUT2D eigenvalue weighted by Gasteiger charge is 2.32. The van der Waals surface area contributed by atoms with Crippen LogP contribution in [0.15, 0.2) is 12.1 Å². The molecule has 110 valence electrons. The van der Waals surface area contributed by atoms with Gasteiger partial charge in [-0.15, -0.1) is 0 Å². The van der Waals surface area contributed by atoms with Gasteiger partial charge < -0.3 is 15.7 Å². The summed E-state index contributed by atoms with van der Waals surface area (Å²) in [6.45, 7) is 6.28. The van der Waals surface area contributed by atoms with Crippen molar-refractivity contribution < 1.29 is 9.90 Å². The minimum absolute atomic E-state index is 0.0528. The smallest absolute Gasteiger partial charge is 0.354 e. The maximum absolute atomic E-state index is 11.0. The fourth-order valence-corrected chi connectivity index (χ4v) is 2.98. The van der Waals surface area contributed by atoms with Crippen LogP contribution in [0.25, 0.3) is 0 Å². The van der Waals surface area contributed by atoms with E-state index < -0.39 is 5.97 Å². The van der Waals surface area contributed by atoms with Gasteiger partial charge in [-0.2, -0.15) is 0 Å². The molecular weight excluding hydrogens is 254 g/mol. The van der Waals surface area contributed by atoms with Crippen molar-refractivity contribution in [3.05, 3.63) is 17.8 Å². The molecule has 1 fully saturated rings. The second kappa shape index (κ2) is 5.69. The van der Waals surface area contributed by atoms with Crippen LogP contribution in [0.3, 0.4) is 0 Å². The molecule has 0 atom stereocenters. The number of nitrogen functional groups attached to an aromatic ring is 1. The lowest BCUT2D eigenvalue weighted by molar-refractivity contribution is 0.0690. The predicted octanol–water partition coefficient (Wildman–Crippen LogP) is 2.77. The molecule has 2 heterocycles. The molecule has 20 heavy (non-hydrogen) atoms. The summed E-state index contributed by atoms with van der Waals surface area (Å²) in [6, 6.07) is 3.08. The Labute approximate surface area is 119 Å². The topological polar surface area (TPSA) is 79.5 Å². The average Bonchev–Trinajstić information content (AvgIpc) is 2.48. The van der Waals surface area contributed by atoms with Gasteiger partial charge in [-0.25, -0.2) is 9.78 Å². The first kappa shape index (κ1) is 14.6. The highest BCUT2D eigenvalue weighted by Crippen LogP contribution is 2.39. The summed E-state index contributed by atoms with van der Waals surface area (Å²) in [5, 5.41) is 9.04. The summed E-state index contributed by atoms with van der Waals surface area (Å²) < 4.78 is 0. The maximum Gasteiger partial charge on any atom is 0.354 e. The monoisotopic (exact) mass is 277 g/mol. The quantitative estimate of drug-likeness (QED) is 0.884. The molecule has 1 aliphatic heterocycles. The molecule has 0 aliphatic carbocycles. The largest absolute Gasteiger partial charge is 0.477 e. The number of hydrogen-bond acceptors (Lipinski definition) is 4. The Hall–Kier alpha value is -1.78. The summed E-state index contributed by atoms with van der Waals surface area (Å²) in [7, 11) is 0. The van der Waals surface area contributed by atoms with Crippen LogP contribution >= 0.6 is 0 Å². The van der Waals surface area contributed by atoms with E-state index >= 15 is 0 Å². The molecule has 1 aromatic heterocycles. The Bertz CT molecular complexity index is 488. The molecule has 1 aliphatic rings. The molecule has 0 saturated carbocycles. The maximum atomic E-state index is 11.0. The van der Waals surface area contributed by atoms with Crippen LogP contribution in [-0.4, -0.2) is 29.1 Å². The fraction of sp³-hybridized carbons (Fsp3) is 0.600. The summed E-state index contributed by atoms with van der Waals surface area (Å²) in [6.07, 6.45) is 4.60. The minimum atomic E-state index is -1.01. The number of aromatic nitrogens is 1. The number of carboxylic acid groups (broad SMARTS) is 1. The summed E-state index contributed by atoms with van der Waals surface area (Å²) in [5.41, 5.74) is 6.99. The van der Waals surface area contributed by atoms with Gasteiger partial charge in [0, 0.05) is 13.1 Å². The van der Waals surface area contributed by atoms with Gasteiger partial charge in [0.15, 0.2) is 11.5 Å². The van der Waals surface area contributed by atoms with E-state index in [1.54, 1.807) is 6.07 Å². The molecule has 2 rings (SSSR count). The van der Waals surface area contributed by atoms with Crippen molar-refractivity contribution in [3.8, 4) is 0 Å². The van der Waals surface area contributed by atoms with Crippen molar-refractivity contribution in [2.45, 2.75) is 39.5 Å². The van der Waals surface area contributed by atoms with E-state index in [-0.39, 0.29) is 5.69 Å². The predicted molar refractivity (Wildman–Crippen MR) is 80.1 cm³/mol. The molecule has 3 N–H and O–H groups in total. The van der Waals surface area contributed by atoms with Crippen molar-refractivity contribution in [2.75, 3.05) is 23.7 Å². The number of carboxylic acids is 1. The van der Waals surface area contributed by atoms with Gasteiger partial charge >= 0.3 is 5.97 Å². The summed E-state index contributed by atoms with van der Waals surface area (Å²) in [5.74, 6) is -0.398. The second-order valence-corrected chi connectivity index (χ2v) is 5.61. The molecule has 1 saturated heterocycles. The van der Waals surface area contributed by atoms with E-state index in [0.717, 1.165) is 25.9 Å². The molecule has 0 spiro atoms. The van der Waals surface area contributed by atoms with Crippen LogP contribution in [0.4, 0.5) is 11.5 Å². The SMILES string of the molecule is CCC1(CC)CCN(c2nc(C(=O)O)ccc2N)CC1. The summed E-state index contributed by atoms with van der Waals surface area (Å²) >= 11 is 0. The molecule has 0 radical (unpaired) electrons. The number of aromatic carboxylic acids is 1. The normalized spacial score (nSPS) is 18.0. The van der Waals surface area contributed by atoms with Gasteiger partial charge in [0.1, 0.15) is 0 Å². The van der Waals surface area contributed by atoms with Gasteiger partial charge in [0.25, 0.3) is 0 Å². The Morgan fingerprint density at radius 3 is 2.45 bits per heavy atom. The third-order valence-corrected chi connectivity index (χ3v) is 4.75. The molecule has 0 amide bonds. The summed E-state index contributed by atoms with van der Waals surface area (Å²) in [4.78, 5) is 17.3. The van der Waals surface area contributed by atoms with Crippen molar-refractivity contribution in [2.24, 2.45) is 5.41 Å². The number of anilines is 2. The number of carbonyl (C=O) groups is 1. The number of piperidine rings is 1. The number of nitrogens with zero attached hydrogens (tertiary/aromatic N) is 2. The van der Waals surface area contributed by atoms with E-state index in [2.05, 4.69) is 23.7 Å². The number of rotatable bonds is 4. The molecule has 0 bridgehead atoms. The fourth-order valence-electron chi connectivity index (χ4n) is 2.98. The third kappa shape index (κ3) is 2.71. The third-order valence-electron chi connectivity index (χ3n) is 4.75. The second-order valence-electron chi connectivity index (χ2n) is 5.61. The molecule has 5 nitrogen and oxygen atoms in total. The van der Waals surface area contributed by atoms with Crippen LogP contribution in [-0.2, 0) is 0 Å². The number of pyridine rings is 1. The Kier molecular flexibility index (Phi) is 4.16. The van der Waals surface area contributed by atoms with E-state index in [1.165, 1.54) is 18.9 Å². The van der Waals surface area contributed by atoms with Crippen LogP contribution in [0.1, 0.15) is 50.0 Å². The van der Waals surface area contributed by atoms with Crippen LogP contribution < -0.4 is 10.6 Å². The van der Waals surface area contributed by atoms with Gasteiger partial charge in [0.05, 0.1) is 5.69 Å². The van der Waals surface area contributed by atoms with Gasteiger partial charge in [-0.1, -0.05) is 26.7 Å². The molecule has 0 aromatic carbocycles. The Morgan fingerprint density at radius 1 is 1.35 bits per heavy atom. The van der Waals surface area contributed by atoms with Gasteiger partial charge in [0.2, 0.25) is 0 Å². The van der Waals surface area contributed by atoms with Crippen molar-refractivity contribution in [1.82, 2.24) is 4.98 Å². The highest BCUT2D eigenvalue weighted by atomic mass is 16.4. The first-order valence-electron chi connectivity index (χ1n) is 7.26.